The zero-order valence-corrected chi connectivity index (χ0v) is 21.9. The first kappa shape index (κ1) is 25.3. The minimum absolute atomic E-state index is 1.14. The van der Waals surface area contributed by atoms with Crippen LogP contribution in [0.5, 0.6) is 0 Å². The van der Waals surface area contributed by atoms with E-state index in [1.807, 2.05) is 0 Å². The van der Waals surface area contributed by atoms with Gasteiger partial charge in [-0.15, -0.1) is 0 Å². The summed E-state index contributed by atoms with van der Waals surface area (Å²) in [6, 6.07) is 13.4. The van der Waals surface area contributed by atoms with Crippen LogP contribution < -0.4 is 0 Å². The molecule has 1 heterocycles. The molecule has 0 aliphatic carbocycles. The molecule has 2 heteroatoms. The number of para-hydroxylation sites is 1. The lowest BCUT2D eigenvalue weighted by molar-refractivity contribution is 0.529. The molecule has 0 atom stereocenters. The van der Waals surface area contributed by atoms with E-state index in [9.17, 15) is 0 Å². The first-order valence-electron chi connectivity index (χ1n) is 13.5. The number of hydrogen-bond donors (Lipinski definition) is 1. The Morgan fingerprint density at radius 2 is 1.19 bits per heavy atom. The average Bonchev–Trinajstić information content (AvgIpc) is 3.18. The number of aryl methyl sites for hydroxylation is 1. The predicted molar refractivity (Wildman–Crippen MR) is 147 cm³/mol. The molecule has 0 saturated carbocycles. The molecule has 1 N–H and O–H groups in total. The molecule has 2 aromatic carbocycles. The number of benzene rings is 2. The summed E-state index contributed by atoms with van der Waals surface area (Å²) in [6.07, 6.45) is 24.1. The number of aromatic amines is 1. The Labute approximate surface area is 204 Å². The fourth-order valence-corrected chi connectivity index (χ4v) is 5.43. The van der Waals surface area contributed by atoms with Gasteiger partial charge >= 0.3 is 0 Å². The molecule has 3 rings (SSSR count). The van der Waals surface area contributed by atoms with E-state index in [1.54, 1.807) is 0 Å². The Bertz CT molecular complexity index is 910. The number of rotatable bonds is 17. The van der Waals surface area contributed by atoms with Crippen molar-refractivity contribution in [2.24, 2.45) is 0 Å². The van der Waals surface area contributed by atoms with Crippen molar-refractivity contribution < 1.29 is 0 Å². The second-order valence-electron chi connectivity index (χ2n) is 9.72. The van der Waals surface area contributed by atoms with Crippen LogP contribution in [0.4, 0.5) is 0 Å². The van der Waals surface area contributed by atoms with Crippen LogP contribution in [0.1, 0.15) is 115 Å². The molecule has 0 spiro atoms. The van der Waals surface area contributed by atoms with Crippen LogP contribution in [0, 0.1) is 0 Å². The summed E-state index contributed by atoms with van der Waals surface area (Å²) in [5.74, 6) is 0. The summed E-state index contributed by atoms with van der Waals surface area (Å²) in [5.41, 5.74) is 3.92. The first-order chi connectivity index (χ1) is 15.8. The monoisotopic (exact) mass is 497 g/mol. The van der Waals surface area contributed by atoms with Crippen molar-refractivity contribution in [1.82, 2.24) is 4.98 Å². The average molecular weight is 499 g/mol. The Morgan fingerprint density at radius 1 is 0.625 bits per heavy atom. The van der Waals surface area contributed by atoms with Crippen molar-refractivity contribution in [2.75, 3.05) is 0 Å². The lowest BCUT2D eigenvalue weighted by atomic mass is 10.0. The minimum atomic E-state index is 1.14. The van der Waals surface area contributed by atoms with Gasteiger partial charge in [0.15, 0.2) is 0 Å². The number of hydrogen-bond acceptors (Lipinski definition) is 0. The molecule has 1 aromatic heterocycles. The van der Waals surface area contributed by atoms with Crippen molar-refractivity contribution in [2.45, 2.75) is 116 Å². The molecule has 0 amide bonds. The van der Waals surface area contributed by atoms with Gasteiger partial charge in [0.2, 0.25) is 0 Å². The van der Waals surface area contributed by atoms with Crippen molar-refractivity contribution in [3.8, 4) is 0 Å². The fourth-order valence-electron chi connectivity index (χ4n) is 4.97. The van der Waals surface area contributed by atoms with Crippen molar-refractivity contribution in [3.63, 3.8) is 0 Å². The third-order valence-electron chi connectivity index (χ3n) is 6.97. The maximum atomic E-state index is 3.67. The van der Waals surface area contributed by atoms with E-state index in [0.29, 0.717) is 0 Å². The predicted octanol–water partition coefficient (Wildman–Crippen LogP) is 10.9. The van der Waals surface area contributed by atoms with Crippen LogP contribution in [0.25, 0.3) is 21.8 Å². The number of fused-ring (bicyclic) bond motifs is 3. The molecule has 0 bridgehead atoms. The van der Waals surface area contributed by atoms with Crippen molar-refractivity contribution >= 4 is 37.7 Å². The quantitative estimate of drug-likeness (QED) is 0.178. The van der Waals surface area contributed by atoms with E-state index < -0.39 is 0 Å². The van der Waals surface area contributed by atoms with E-state index >= 15 is 0 Å². The normalized spacial score (nSPS) is 11.7. The van der Waals surface area contributed by atoms with Gasteiger partial charge in [0, 0.05) is 20.8 Å². The van der Waals surface area contributed by atoms with Gasteiger partial charge in [-0.25, -0.2) is 0 Å². The SMILES string of the molecule is CCCCCCCCCCCCCCCCCCc1ccc2[nH]c3c(Br)cccc3c2c1. The van der Waals surface area contributed by atoms with E-state index in [4.69, 9.17) is 0 Å². The molecule has 0 fully saturated rings. The Hall–Kier alpha value is -1.28. The molecule has 3 aromatic rings. The molecule has 0 aliphatic rings. The van der Waals surface area contributed by atoms with E-state index in [0.717, 1.165) is 4.47 Å². The molecule has 0 aliphatic heterocycles. The number of halogens is 1. The smallest absolute Gasteiger partial charge is 0.0609 e. The lowest BCUT2D eigenvalue weighted by Gasteiger charge is -2.04. The van der Waals surface area contributed by atoms with Crippen LogP contribution in [0.2, 0.25) is 0 Å². The van der Waals surface area contributed by atoms with Gasteiger partial charge in [-0.05, 0) is 52.5 Å². The highest BCUT2D eigenvalue weighted by atomic mass is 79.9. The highest BCUT2D eigenvalue weighted by Crippen LogP contribution is 2.31. The summed E-state index contributed by atoms with van der Waals surface area (Å²) in [4.78, 5) is 3.55. The third-order valence-corrected chi connectivity index (χ3v) is 7.63. The molecule has 32 heavy (non-hydrogen) atoms. The molecule has 0 radical (unpaired) electrons. The van der Waals surface area contributed by atoms with E-state index in [-0.39, 0.29) is 0 Å². The maximum absolute atomic E-state index is 3.67. The van der Waals surface area contributed by atoms with Gasteiger partial charge in [0.05, 0.1) is 5.52 Å². The zero-order chi connectivity index (χ0) is 22.4. The Morgan fingerprint density at radius 3 is 1.78 bits per heavy atom. The highest BCUT2D eigenvalue weighted by molar-refractivity contribution is 9.10. The highest BCUT2D eigenvalue weighted by Gasteiger charge is 2.07. The standard InChI is InChI=1S/C30H44BrN/c1-2-3-4-5-6-7-8-9-10-11-12-13-14-15-16-17-19-25-22-23-29-27(24-25)26-20-18-21-28(31)30(26)32-29/h18,20-24,32H,2-17,19H2,1H3. The van der Waals surface area contributed by atoms with E-state index in [1.165, 1.54) is 137 Å². The summed E-state index contributed by atoms with van der Waals surface area (Å²) >= 11 is 3.67. The fraction of sp³-hybridized carbons (Fsp3) is 0.600. The van der Waals surface area contributed by atoms with Crippen LogP contribution in [-0.4, -0.2) is 4.98 Å². The van der Waals surface area contributed by atoms with Gasteiger partial charge in [-0.1, -0.05) is 121 Å². The molecule has 176 valence electrons. The van der Waals surface area contributed by atoms with Gasteiger partial charge in [-0.2, -0.15) is 0 Å². The van der Waals surface area contributed by atoms with Crippen LogP contribution in [0.3, 0.4) is 0 Å². The topological polar surface area (TPSA) is 15.8 Å². The minimum Gasteiger partial charge on any atom is -0.354 e. The van der Waals surface area contributed by atoms with Gasteiger partial charge < -0.3 is 4.98 Å². The molecule has 0 unspecified atom stereocenters. The van der Waals surface area contributed by atoms with Gasteiger partial charge in [0.1, 0.15) is 0 Å². The van der Waals surface area contributed by atoms with Crippen LogP contribution in [0.15, 0.2) is 40.9 Å². The number of nitrogens with one attached hydrogen (secondary N) is 1. The largest absolute Gasteiger partial charge is 0.354 e. The third kappa shape index (κ3) is 8.25. The van der Waals surface area contributed by atoms with Crippen molar-refractivity contribution in [3.05, 3.63) is 46.4 Å². The number of H-pyrrole nitrogens is 1. The van der Waals surface area contributed by atoms with Crippen molar-refractivity contribution in [1.29, 1.82) is 0 Å². The second-order valence-corrected chi connectivity index (χ2v) is 10.6. The summed E-state index contributed by atoms with van der Waals surface area (Å²) < 4.78 is 1.14. The van der Waals surface area contributed by atoms with Crippen LogP contribution in [-0.2, 0) is 6.42 Å². The molecular formula is C30H44BrN. The maximum Gasteiger partial charge on any atom is 0.0609 e. The molecular weight excluding hydrogens is 454 g/mol. The van der Waals surface area contributed by atoms with Gasteiger partial charge in [0.25, 0.3) is 0 Å². The zero-order valence-electron chi connectivity index (χ0n) is 20.4. The van der Waals surface area contributed by atoms with Gasteiger partial charge in [-0.3, -0.25) is 0 Å². The first-order valence-corrected chi connectivity index (χ1v) is 14.3. The van der Waals surface area contributed by atoms with Crippen LogP contribution >= 0.6 is 15.9 Å². The summed E-state index contributed by atoms with van der Waals surface area (Å²) in [6.45, 7) is 2.30. The summed E-state index contributed by atoms with van der Waals surface area (Å²) in [5, 5.41) is 2.68. The summed E-state index contributed by atoms with van der Waals surface area (Å²) in [7, 11) is 0. The second kappa shape index (κ2) is 14.8. The number of aromatic nitrogens is 1. The molecule has 0 saturated heterocycles. The molecule has 1 nitrogen and oxygen atoms in total. The number of unbranched alkanes of at least 4 members (excludes halogenated alkanes) is 15. The van der Waals surface area contributed by atoms with E-state index in [2.05, 4.69) is 64.2 Å². The Kier molecular flexibility index (Phi) is 11.7. The Balaban J connectivity index is 1.20. The lowest BCUT2D eigenvalue weighted by Crippen LogP contribution is -1.87.